The Morgan fingerprint density at radius 1 is 1.02 bits per heavy atom. The molecule has 0 aliphatic carbocycles. The molecule has 9 nitrogen and oxygen atoms in total. The molecule has 44 heavy (non-hydrogen) atoms. The first kappa shape index (κ1) is 31.9. The van der Waals surface area contributed by atoms with E-state index in [1.807, 2.05) is 36.4 Å². The van der Waals surface area contributed by atoms with E-state index in [0.717, 1.165) is 22.3 Å². The Labute approximate surface area is 257 Å². The number of hydrogen-bond donors (Lipinski definition) is 2. The van der Waals surface area contributed by atoms with Crippen molar-refractivity contribution in [2.45, 2.75) is 68.8 Å². The zero-order chi connectivity index (χ0) is 31.3. The zero-order valence-corrected chi connectivity index (χ0v) is 24.8. The third-order valence-corrected chi connectivity index (χ3v) is 8.78. The Bertz CT molecular complexity index is 1410. The molecule has 0 radical (unpaired) electrons. The number of aromatic nitrogens is 2. The highest BCUT2D eigenvalue weighted by Crippen LogP contribution is 2.42. The number of nitrogens with one attached hydrogen (secondary N) is 1. The second kappa shape index (κ2) is 14.1. The maximum absolute atomic E-state index is 12.9. The largest absolute Gasteiger partial charge is 0.471 e. The molecule has 2 amide bonds. The van der Waals surface area contributed by atoms with Crippen molar-refractivity contribution in [2.24, 2.45) is 5.92 Å². The molecule has 0 saturated carbocycles. The van der Waals surface area contributed by atoms with Crippen molar-refractivity contribution in [2.75, 3.05) is 12.3 Å². The quantitative estimate of drug-likeness (QED) is 0.258. The fourth-order valence-electron chi connectivity index (χ4n) is 5.37. The number of aliphatic hydroxyl groups is 1. The van der Waals surface area contributed by atoms with Crippen molar-refractivity contribution in [3.05, 3.63) is 89.2 Å². The van der Waals surface area contributed by atoms with Crippen LogP contribution < -0.4 is 5.32 Å². The lowest BCUT2D eigenvalue weighted by atomic mass is 9.91. The number of carbonyl (C=O) groups is 2. The topological polar surface area (TPSA) is 114 Å². The Morgan fingerprint density at radius 3 is 2.34 bits per heavy atom. The van der Waals surface area contributed by atoms with Crippen molar-refractivity contribution in [3.63, 3.8) is 0 Å². The van der Waals surface area contributed by atoms with Gasteiger partial charge in [0.2, 0.25) is 5.91 Å². The minimum atomic E-state index is -5.02. The van der Waals surface area contributed by atoms with Crippen LogP contribution in [0.25, 0.3) is 0 Å². The van der Waals surface area contributed by atoms with E-state index < -0.39 is 30.3 Å². The lowest BCUT2D eigenvalue weighted by Gasteiger charge is -2.41. The van der Waals surface area contributed by atoms with Crippen LogP contribution in [0.2, 0.25) is 0 Å². The van der Waals surface area contributed by atoms with E-state index in [0.29, 0.717) is 22.2 Å². The number of carbonyl (C=O) groups excluding carboxylic acids is 2. The monoisotopic (exact) mass is 630 g/mol. The van der Waals surface area contributed by atoms with E-state index >= 15 is 0 Å². The molecule has 3 heterocycles. The number of hydrogen-bond acceptors (Lipinski definition) is 8. The van der Waals surface area contributed by atoms with Gasteiger partial charge in [0.25, 0.3) is 0 Å². The Kier molecular flexibility index (Phi) is 10.2. The van der Waals surface area contributed by atoms with Crippen LogP contribution in [-0.2, 0) is 32.2 Å². The van der Waals surface area contributed by atoms with Gasteiger partial charge in [0.1, 0.15) is 6.04 Å². The molecule has 13 heteroatoms. The standard InChI is InChI=1S/C31H33F3N4O5S/c1-19-25(18-44-30-35-13-3-14-36-30)42-28(43-26(19)22-9-7-21(17-39)8-10-22)23-11-5-20(6-12-23)16-37-27(40)24-4-2-15-38(24)29(41)31(32,33)34/h3,5-14,19,24-26,28,39H,2,4,15-18H2,1H3,(H,37,40)/t19-,24-,25+,26+,28+/m0/s1. The first-order valence-electron chi connectivity index (χ1n) is 14.3. The number of amides is 2. The van der Waals surface area contributed by atoms with E-state index in [2.05, 4.69) is 22.2 Å². The zero-order valence-electron chi connectivity index (χ0n) is 23.9. The van der Waals surface area contributed by atoms with Crippen LogP contribution in [0.5, 0.6) is 0 Å². The van der Waals surface area contributed by atoms with Crippen molar-refractivity contribution >= 4 is 23.6 Å². The van der Waals surface area contributed by atoms with Gasteiger partial charge in [-0.1, -0.05) is 67.2 Å². The number of benzene rings is 2. The van der Waals surface area contributed by atoms with Crippen molar-refractivity contribution in [1.29, 1.82) is 0 Å². The van der Waals surface area contributed by atoms with Crippen molar-refractivity contribution < 1.29 is 37.3 Å². The summed E-state index contributed by atoms with van der Waals surface area (Å²) in [4.78, 5) is 33.6. The highest BCUT2D eigenvalue weighted by atomic mass is 32.2. The molecule has 5 rings (SSSR count). The van der Waals surface area contributed by atoms with Gasteiger partial charge in [0, 0.05) is 42.7 Å². The van der Waals surface area contributed by atoms with E-state index in [-0.39, 0.29) is 44.2 Å². The SMILES string of the molecule is C[C@H]1[C@@H](CSc2ncccn2)O[C@@H](c2ccc(CNC(=O)[C@@H]3CCCN3C(=O)C(F)(F)F)cc2)O[C@H]1c1ccc(CO)cc1. The summed E-state index contributed by atoms with van der Waals surface area (Å²) in [6, 6.07) is 15.5. The van der Waals surface area contributed by atoms with Gasteiger partial charge in [0.05, 0.1) is 18.8 Å². The van der Waals surface area contributed by atoms with Gasteiger partial charge < -0.3 is 24.8 Å². The number of aliphatic hydroxyl groups excluding tert-OH is 1. The van der Waals surface area contributed by atoms with Gasteiger partial charge in [-0.2, -0.15) is 13.2 Å². The minimum absolute atomic E-state index is 0.0173. The summed E-state index contributed by atoms with van der Waals surface area (Å²) in [5.74, 6) is -2.03. The van der Waals surface area contributed by atoms with Crippen molar-refractivity contribution in [1.82, 2.24) is 20.2 Å². The van der Waals surface area contributed by atoms with Crippen LogP contribution in [0.3, 0.4) is 0 Å². The average molecular weight is 631 g/mol. The fraction of sp³-hybridized carbons (Fsp3) is 0.419. The molecule has 3 aromatic rings. The van der Waals surface area contributed by atoms with Crippen LogP contribution in [0, 0.1) is 5.92 Å². The van der Waals surface area contributed by atoms with Crippen LogP contribution in [0.1, 0.15) is 54.4 Å². The highest BCUT2D eigenvalue weighted by Gasteiger charge is 2.47. The second-order valence-corrected chi connectivity index (χ2v) is 11.8. The summed E-state index contributed by atoms with van der Waals surface area (Å²) < 4.78 is 51.7. The summed E-state index contributed by atoms with van der Waals surface area (Å²) in [6.45, 7) is 2.00. The summed E-state index contributed by atoms with van der Waals surface area (Å²) in [5, 5.41) is 12.8. The lowest BCUT2D eigenvalue weighted by molar-refractivity contribution is -0.268. The normalized spacial score (nSPS) is 23.8. The van der Waals surface area contributed by atoms with E-state index in [4.69, 9.17) is 9.47 Å². The molecule has 2 saturated heterocycles. The molecule has 2 fully saturated rings. The second-order valence-electron chi connectivity index (χ2n) is 10.8. The minimum Gasteiger partial charge on any atom is -0.392 e. The maximum atomic E-state index is 12.9. The van der Waals surface area contributed by atoms with E-state index in [1.165, 1.54) is 11.8 Å². The molecule has 5 atom stereocenters. The number of halogens is 3. The molecule has 0 bridgehead atoms. The van der Waals surface area contributed by atoms with Gasteiger partial charge in [-0.15, -0.1) is 0 Å². The first-order chi connectivity index (χ1) is 21.1. The molecular formula is C31H33F3N4O5S. The smallest absolute Gasteiger partial charge is 0.392 e. The van der Waals surface area contributed by atoms with Gasteiger partial charge >= 0.3 is 12.1 Å². The third kappa shape index (κ3) is 7.57. The number of ether oxygens (including phenoxy) is 2. The number of rotatable bonds is 9. The molecule has 0 spiro atoms. The van der Waals surface area contributed by atoms with Gasteiger partial charge in [0.15, 0.2) is 11.4 Å². The molecule has 2 aromatic carbocycles. The lowest BCUT2D eigenvalue weighted by Crippen LogP contribution is -2.50. The van der Waals surface area contributed by atoms with Crippen LogP contribution >= 0.6 is 11.8 Å². The molecule has 2 aliphatic heterocycles. The van der Waals surface area contributed by atoms with Crippen LogP contribution in [-0.4, -0.2) is 62.4 Å². The summed E-state index contributed by atoms with van der Waals surface area (Å²) in [6.07, 6.45) is -2.33. The number of thioether (sulfide) groups is 1. The van der Waals surface area contributed by atoms with Crippen LogP contribution in [0.4, 0.5) is 13.2 Å². The number of likely N-dealkylation sites (tertiary alicyclic amines) is 1. The van der Waals surface area contributed by atoms with Crippen LogP contribution in [0.15, 0.2) is 72.1 Å². The summed E-state index contributed by atoms with van der Waals surface area (Å²) >= 11 is 1.49. The Morgan fingerprint density at radius 2 is 1.68 bits per heavy atom. The highest BCUT2D eigenvalue weighted by molar-refractivity contribution is 7.99. The number of nitrogens with zero attached hydrogens (tertiary/aromatic N) is 3. The fourth-order valence-corrected chi connectivity index (χ4v) is 6.34. The predicted molar refractivity (Wildman–Crippen MR) is 155 cm³/mol. The Hall–Kier alpha value is -3.52. The third-order valence-electron chi connectivity index (χ3n) is 7.82. The summed E-state index contributed by atoms with van der Waals surface area (Å²) in [5.41, 5.74) is 3.24. The van der Waals surface area contributed by atoms with Gasteiger partial charge in [-0.3, -0.25) is 9.59 Å². The average Bonchev–Trinajstić information content (AvgIpc) is 3.53. The Balaban J connectivity index is 1.26. The molecule has 2 aliphatic rings. The number of alkyl halides is 3. The van der Waals surface area contributed by atoms with Gasteiger partial charge in [-0.25, -0.2) is 9.97 Å². The molecule has 2 N–H and O–H groups in total. The molecule has 234 valence electrons. The maximum Gasteiger partial charge on any atom is 0.471 e. The summed E-state index contributed by atoms with van der Waals surface area (Å²) in [7, 11) is 0. The first-order valence-corrected chi connectivity index (χ1v) is 15.3. The van der Waals surface area contributed by atoms with Crippen molar-refractivity contribution in [3.8, 4) is 0 Å². The molecule has 0 unspecified atom stereocenters. The van der Waals surface area contributed by atoms with E-state index in [1.54, 1.807) is 30.6 Å². The predicted octanol–water partition coefficient (Wildman–Crippen LogP) is 4.72. The molecular weight excluding hydrogens is 597 g/mol. The van der Waals surface area contributed by atoms with E-state index in [9.17, 15) is 27.9 Å². The molecule has 1 aromatic heterocycles. The van der Waals surface area contributed by atoms with Gasteiger partial charge in [-0.05, 0) is 35.6 Å².